The van der Waals surface area contributed by atoms with Gasteiger partial charge in [-0.15, -0.1) is 0 Å². The fourth-order valence-electron chi connectivity index (χ4n) is 1.84. The maximum atomic E-state index is 12.0. The number of hydrogen-bond acceptors (Lipinski definition) is 4. The lowest BCUT2D eigenvalue weighted by atomic mass is 10.0. The molecule has 2 heterocycles. The Morgan fingerprint density at radius 2 is 2.39 bits per heavy atom. The fraction of sp³-hybridized carbons (Fsp3) is 0.333. The third-order valence-corrected chi connectivity index (χ3v) is 2.81. The van der Waals surface area contributed by atoms with E-state index < -0.39 is 6.04 Å². The molecule has 96 valence electrons. The average Bonchev–Trinajstić information content (AvgIpc) is 2.81. The summed E-state index contributed by atoms with van der Waals surface area (Å²) in [5.74, 6) is 0.250. The topological polar surface area (TPSA) is 63.5 Å². The molecule has 0 aliphatic carbocycles. The molecule has 0 unspecified atom stereocenters. The molecule has 1 aromatic heterocycles. The summed E-state index contributed by atoms with van der Waals surface area (Å²) in [7, 11) is 0. The van der Waals surface area contributed by atoms with Crippen LogP contribution in [0.3, 0.4) is 0 Å². The van der Waals surface area contributed by atoms with Crippen molar-refractivity contribution in [1.82, 2.24) is 10.6 Å². The van der Waals surface area contributed by atoms with Crippen molar-refractivity contribution in [2.24, 2.45) is 0 Å². The number of carbonyl (C=O) groups is 1. The second-order valence-electron chi connectivity index (χ2n) is 3.81. The van der Waals surface area contributed by atoms with Crippen molar-refractivity contribution in [1.29, 1.82) is 0 Å². The fourth-order valence-corrected chi connectivity index (χ4v) is 2.11. The minimum atomic E-state index is -0.409. The summed E-state index contributed by atoms with van der Waals surface area (Å²) in [6, 6.07) is 3.14. The van der Waals surface area contributed by atoms with Gasteiger partial charge in [0.2, 0.25) is 0 Å². The number of hydrogen-bond donors (Lipinski definition) is 2. The van der Waals surface area contributed by atoms with Gasteiger partial charge in [-0.05, 0) is 38.2 Å². The van der Waals surface area contributed by atoms with Crippen LogP contribution in [0.5, 0.6) is 0 Å². The van der Waals surface area contributed by atoms with Gasteiger partial charge in [0, 0.05) is 5.70 Å². The van der Waals surface area contributed by atoms with E-state index in [1.807, 2.05) is 0 Å². The Morgan fingerprint density at radius 3 is 3.00 bits per heavy atom. The normalized spacial score (nSPS) is 19.2. The van der Waals surface area contributed by atoms with Crippen LogP contribution >= 0.6 is 12.2 Å². The first-order chi connectivity index (χ1) is 8.63. The van der Waals surface area contributed by atoms with Gasteiger partial charge in [-0.1, -0.05) is 0 Å². The highest BCUT2D eigenvalue weighted by atomic mass is 32.1. The van der Waals surface area contributed by atoms with Crippen molar-refractivity contribution < 1.29 is 13.9 Å². The summed E-state index contributed by atoms with van der Waals surface area (Å²) in [5, 5.41) is 6.38. The molecule has 18 heavy (non-hydrogen) atoms. The lowest BCUT2D eigenvalue weighted by molar-refractivity contribution is -0.139. The highest BCUT2D eigenvalue weighted by Gasteiger charge is 2.32. The number of nitrogens with one attached hydrogen (secondary N) is 2. The molecule has 0 bridgehead atoms. The van der Waals surface area contributed by atoms with Crippen molar-refractivity contribution in [2.45, 2.75) is 19.9 Å². The maximum absolute atomic E-state index is 12.0. The second-order valence-corrected chi connectivity index (χ2v) is 4.21. The van der Waals surface area contributed by atoms with E-state index >= 15 is 0 Å². The van der Waals surface area contributed by atoms with E-state index in [2.05, 4.69) is 10.6 Å². The number of furan rings is 1. The van der Waals surface area contributed by atoms with Gasteiger partial charge in [0.15, 0.2) is 5.11 Å². The molecule has 2 N–H and O–H groups in total. The number of esters is 1. The van der Waals surface area contributed by atoms with Crippen LogP contribution in [-0.2, 0) is 9.53 Å². The smallest absolute Gasteiger partial charge is 0.338 e. The summed E-state index contributed by atoms with van der Waals surface area (Å²) >= 11 is 5.09. The molecule has 0 aromatic carbocycles. The van der Waals surface area contributed by atoms with Crippen LogP contribution in [0, 0.1) is 0 Å². The van der Waals surface area contributed by atoms with Gasteiger partial charge >= 0.3 is 5.97 Å². The first kappa shape index (κ1) is 12.6. The van der Waals surface area contributed by atoms with Gasteiger partial charge in [0.05, 0.1) is 18.4 Å². The third-order valence-electron chi connectivity index (χ3n) is 2.59. The molecule has 2 rings (SSSR count). The minimum Gasteiger partial charge on any atom is -0.467 e. The number of thiocarbonyl (C=S) groups is 1. The van der Waals surface area contributed by atoms with Gasteiger partial charge in [0.25, 0.3) is 0 Å². The van der Waals surface area contributed by atoms with Crippen LogP contribution in [0.25, 0.3) is 0 Å². The second kappa shape index (κ2) is 5.22. The molecule has 0 saturated carbocycles. The molecule has 1 aliphatic rings. The molecule has 0 saturated heterocycles. The van der Waals surface area contributed by atoms with E-state index in [-0.39, 0.29) is 5.97 Å². The van der Waals surface area contributed by atoms with Crippen LogP contribution in [0.4, 0.5) is 0 Å². The van der Waals surface area contributed by atoms with Gasteiger partial charge in [0.1, 0.15) is 11.8 Å². The summed E-state index contributed by atoms with van der Waals surface area (Å²) in [6.07, 6.45) is 1.56. The number of rotatable bonds is 3. The first-order valence-electron chi connectivity index (χ1n) is 5.62. The molecule has 0 amide bonds. The molecule has 1 aromatic rings. The van der Waals surface area contributed by atoms with Crippen LogP contribution < -0.4 is 10.6 Å². The van der Waals surface area contributed by atoms with Crippen molar-refractivity contribution >= 4 is 23.3 Å². The quantitative estimate of drug-likeness (QED) is 0.640. The zero-order valence-electron chi connectivity index (χ0n) is 10.1. The zero-order valence-corrected chi connectivity index (χ0v) is 11.0. The van der Waals surface area contributed by atoms with Gasteiger partial charge in [-0.2, -0.15) is 0 Å². The van der Waals surface area contributed by atoms with E-state index in [4.69, 9.17) is 21.4 Å². The Labute approximate surface area is 110 Å². The van der Waals surface area contributed by atoms with E-state index in [1.165, 1.54) is 0 Å². The van der Waals surface area contributed by atoms with Gasteiger partial charge < -0.3 is 19.8 Å². The van der Waals surface area contributed by atoms with Crippen molar-refractivity contribution in [2.75, 3.05) is 6.61 Å². The molecular weight excluding hydrogens is 252 g/mol. The molecule has 0 spiro atoms. The standard InChI is InChI=1S/C12H14N2O3S/c1-3-16-11(15)9-7(2)13-12(18)14-10(9)8-5-4-6-17-8/h4-6,10H,3H2,1-2H3,(H2,13,14,18)/t10-/m1/s1. The summed E-state index contributed by atoms with van der Waals surface area (Å²) in [4.78, 5) is 12.0. The Morgan fingerprint density at radius 1 is 1.61 bits per heavy atom. The van der Waals surface area contributed by atoms with Crippen molar-refractivity contribution in [3.8, 4) is 0 Å². The summed E-state index contributed by atoms with van der Waals surface area (Å²) < 4.78 is 10.4. The zero-order chi connectivity index (χ0) is 13.1. The van der Waals surface area contributed by atoms with E-state index in [9.17, 15) is 4.79 Å². The number of ether oxygens (including phenoxy) is 1. The SMILES string of the molecule is CCOC(=O)C1=C(C)NC(=S)N[C@@H]1c1ccco1. The van der Waals surface area contributed by atoms with Gasteiger partial charge in [-0.25, -0.2) is 4.79 Å². The Hall–Kier alpha value is -1.82. The molecule has 0 fully saturated rings. The number of allylic oxidation sites excluding steroid dienone is 1. The Balaban J connectivity index is 2.38. The molecular formula is C12H14N2O3S. The summed E-state index contributed by atoms with van der Waals surface area (Å²) in [6.45, 7) is 3.88. The predicted molar refractivity (Wildman–Crippen MR) is 69.7 cm³/mol. The highest BCUT2D eigenvalue weighted by Crippen LogP contribution is 2.27. The first-order valence-corrected chi connectivity index (χ1v) is 6.03. The number of carbonyl (C=O) groups excluding carboxylic acids is 1. The molecule has 1 atom stereocenters. The van der Waals surface area contributed by atoms with Crippen LogP contribution in [0.2, 0.25) is 0 Å². The lowest BCUT2D eigenvalue weighted by Crippen LogP contribution is -2.45. The minimum absolute atomic E-state index is 0.324. The maximum Gasteiger partial charge on any atom is 0.338 e. The van der Waals surface area contributed by atoms with Crippen LogP contribution in [0.1, 0.15) is 25.6 Å². The molecule has 5 nitrogen and oxygen atoms in total. The van der Waals surface area contributed by atoms with Crippen LogP contribution in [-0.4, -0.2) is 17.7 Å². The van der Waals surface area contributed by atoms with Crippen molar-refractivity contribution in [3.63, 3.8) is 0 Å². The van der Waals surface area contributed by atoms with E-state index in [1.54, 1.807) is 32.2 Å². The van der Waals surface area contributed by atoms with E-state index in [0.29, 0.717) is 28.7 Å². The third kappa shape index (κ3) is 2.38. The lowest BCUT2D eigenvalue weighted by Gasteiger charge is -2.28. The summed E-state index contributed by atoms with van der Waals surface area (Å²) in [5.41, 5.74) is 1.17. The van der Waals surface area contributed by atoms with E-state index in [0.717, 1.165) is 0 Å². The molecule has 6 heteroatoms. The van der Waals surface area contributed by atoms with Gasteiger partial charge in [-0.3, -0.25) is 0 Å². The molecule has 0 radical (unpaired) electrons. The predicted octanol–water partition coefficient (Wildman–Crippen LogP) is 1.64. The Bertz CT molecular complexity index is 493. The monoisotopic (exact) mass is 266 g/mol. The Kier molecular flexibility index (Phi) is 3.66. The highest BCUT2D eigenvalue weighted by molar-refractivity contribution is 7.80. The average molecular weight is 266 g/mol. The largest absolute Gasteiger partial charge is 0.467 e. The van der Waals surface area contributed by atoms with Crippen LogP contribution in [0.15, 0.2) is 34.1 Å². The molecule has 1 aliphatic heterocycles. The van der Waals surface area contributed by atoms with Crippen molar-refractivity contribution in [3.05, 3.63) is 35.4 Å².